The van der Waals surface area contributed by atoms with Gasteiger partial charge in [-0.25, -0.2) is 0 Å². The van der Waals surface area contributed by atoms with Gasteiger partial charge in [-0.3, -0.25) is 4.79 Å². The number of thiophene rings is 1. The second-order valence-electron chi connectivity index (χ2n) is 6.77. The Bertz CT molecular complexity index is 1130. The number of carbonyl (C=O) groups excluding carboxylic acids is 1. The third kappa shape index (κ3) is 3.86. The molecule has 2 heterocycles. The number of hydrogen-bond donors (Lipinski definition) is 1. The summed E-state index contributed by atoms with van der Waals surface area (Å²) in [7, 11) is 0. The van der Waals surface area contributed by atoms with Crippen molar-refractivity contribution in [3.05, 3.63) is 64.4 Å². The molecule has 0 aliphatic heterocycles. The molecule has 4 rings (SSSR count). The minimum Gasteiger partial charge on any atom is -0.372 e. The average Bonchev–Trinajstić information content (AvgIpc) is 3.40. The lowest BCUT2D eigenvalue weighted by Crippen LogP contribution is -2.21. The summed E-state index contributed by atoms with van der Waals surface area (Å²) >= 11 is 1.42. The molecule has 1 N–H and O–H groups in total. The maximum atomic E-state index is 12.4. The molecule has 0 radical (unpaired) electrons. The second-order valence-corrected chi connectivity index (χ2v) is 7.71. The van der Waals surface area contributed by atoms with Gasteiger partial charge >= 0.3 is 0 Å². The summed E-state index contributed by atoms with van der Waals surface area (Å²) in [5.41, 5.74) is 5.32. The SMILES string of the molecule is CCN(CC)c1ccc(-n2nc3cc(C)c(NC(=O)c4cccs4)cc3n2)cc1. The number of benzene rings is 2. The van der Waals surface area contributed by atoms with Gasteiger partial charge in [-0.15, -0.1) is 21.5 Å². The molecule has 0 bridgehead atoms. The zero-order chi connectivity index (χ0) is 20.4. The number of fused-ring (bicyclic) bond motifs is 1. The van der Waals surface area contributed by atoms with Crippen LogP contribution in [0.25, 0.3) is 16.7 Å². The second kappa shape index (κ2) is 8.05. The highest BCUT2D eigenvalue weighted by atomic mass is 32.1. The van der Waals surface area contributed by atoms with Gasteiger partial charge < -0.3 is 10.2 Å². The van der Waals surface area contributed by atoms with Gasteiger partial charge in [0.25, 0.3) is 5.91 Å². The van der Waals surface area contributed by atoms with Crippen molar-refractivity contribution in [3.8, 4) is 5.69 Å². The predicted molar refractivity (Wildman–Crippen MR) is 119 cm³/mol. The van der Waals surface area contributed by atoms with E-state index in [1.54, 1.807) is 4.80 Å². The fourth-order valence-corrected chi connectivity index (χ4v) is 3.91. The molecule has 0 unspecified atom stereocenters. The molecule has 1 amide bonds. The van der Waals surface area contributed by atoms with Crippen molar-refractivity contribution in [1.29, 1.82) is 0 Å². The topological polar surface area (TPSA) is 63.1 Å². The molecular weight excluding hydrogens is 382 g/mol. The number of aryl methyl sites for hydroxylation is 1. The Morgan fingerprint density at radius 2 is 1.76 bits per heavy atom. The Morgan fingerprint density at radius 1 is 1.07 bits per heavy atom. The Hall–Kier alpha value is -3.19. The van der Waals surface area contributed by atoms with E-state index in [0.717, 1.165) is 41.1 Å². The lowest BCUT2D eigenvalue weighted by Gasteiger charge is -2.20. The number of nitrogens with zero attached hydrogens (tertiary/aromatic N) is 4. The molecule has 7 heteroatoms. The summed E-state index contributed by atoms with van der Waals surface area (Å²) in [6.45, 7) is 8.20. The Balaban J connectivity index is 1.62. The van der Waals surface area contributed by atoms with E-state index in [4.69, 9.17) is 0 Å². The third-order valence-electron chi connectivity index (χ3n) is 4.93. The Morgan fingerprint density at radius 3 is 2.38 bits per heavy atom. The minimum absolute atomic E-state index is 0.109. The average molecular weight is 406 g/mol. The molecule has 0 aliphatic carbocycles. The summed E-state index contributed by atoms with van der Waals surface area (Å²) < 4.78 is 0. The molecule has 6 nitrogen and oxygen atoms in total. The van der Waals surface area contributed by atoms with Crippen LogP contribution in [-0.2, 0) is 0 Å². The van der Waals surface area contributed by atoms with Crippen molar-refractivity contribution >= 4 is 39.7 Å². The number of amides is 1. The van der Waals surface area contributed by atoms with Gasteiger partial charge in [0.05, 0.1) is 10.6 Å². The Labute approximate surface area is 173 Å². The van der Waals surface area contributed by atoms with E-state index in [-0.39, 0.29) is 5.91 Å². The van der Waals surface area contributed by atoms with E-state index in [2.05, 4.69) is 46.4 Å². The quantitative estimate of drug-likeness (QED) is 0.496. The molecule has 0 saturated heterocycles. The van der Waals surface area contributed by atoms with Gasteiger partial charge in [0.1, 0.15) is 11.0 Å². The lowest BCUT2D eigenvalue weighted by molar-refractivity contribution is 0.103. The molecule has 0 spiro atoms. The number of aromatic nitrogens is 3. The maximum absolute atomic E-state index is 12.4. The van der Waals surface area contributed by atoms with Crippen LogP contribution in [0.2, 0.25) is 0 Å². The number of anilines is 2. The monoisotopic (exact) mass is 405 g/mol. The maximum Gasteiger partial charge on any atom is 0.265 e. The summed E-state index contributed by atoms with van der Waals surface area (Å²) in [5, 5.41) is 14.1. The summed E-state index contributed by atoms with van der Waals surface area (Å²) in [6, 6.07) is 15.7. The van der Waals surface area contributed by atoms with Crippen molar-refractivity contribution in [1.82, 2.24) is 15.0 Å². The minimum atomic E-state index is -0.109. The molecule has 0 fully saturated rings. The van der Waals surface area contributed by atoms with Gasteiger partial charge in [-0.1, -0.05) is 6.07 Å². The summed E-state index contributed by atoms with van der Waals surface area (Å²) in [5.74, 6) is -0.109. The van der Waals surface area contributed by atoms with Crippen LogP contribution in [0.4, 0.5) is 11.4 Å². The number of nitrogens with one attached hydrogen (secondary N) is 1. The first-order valence-corrected chi connectivity index (χ1v) is 10.5. The highest BCUT2D eigenvalue weighted by molar-refractivity contribution is 7.12. The third-order valence-corrected chi connectivity index (χ3v) is 5.80. The Kier molecular flexibility index (Phi) is 5.31. The standard InChI is InChI=1S/C22H23N5OS/c1-4-26(5-2)16-8-10-17(11-9-16)27-24-19-13-15(3)18(14-20(19)25-27)23-22(28)21-7-6-12-29-21/h6-14H,4-5H2,1-3H3,(H,23,28). The largest absolute Gasteiger partial charge is 0.372 e. The first kappa shape index (κ1) is 19.1. The van der Waals surface area contributed by atoms with E-state index in [1.807, 2.05) is 48.7 Å². The first-order valence-electron chi connectivity index (χ1n) is 9.67. The van der Waals surface area contributed by atoms with Gasteiger partial charge in [0.15, 0.2) is 0 Å². The van der Waals surface area contributed by atoms with Crippen LogP contribution in [0.5, 0.6) is 0 Å². The zero-order valence-electron chi connectivity index (χ0n) is 16.7. The van der Waals surface area contributed by atoms with E-state index < -0.39 is 0 Å². The summed E-state index contributed by atoms with van der Waals surface area (Å²) in [6.07, 6.45) is 0. The van der Waals surface area contributed by atoms with E-state index in [0.29, 0.717) is 4.88 Å². The van der Waals surface area contributed by atoms with Crippen molar-refractivity contribution in [2.75, 3.05) is 23.3 Å². The molecule has 29 heavy (non-hydrogen) atoms. The molecule has 0 aliphatic rings. The van der Waals surface area contributed by atoms with Crippen molar-refractivity contribution < 1.29 is 4.79 Å². The van der Waals surface area contributed by atoms with Crippen LogP contribution in [-0.4, -0.2) is 34.0 Å². The van der Waals surface area contributed by atoms with Crippen LogP contribution in [0.15, 0.2) is 53.9 Å². The van der Waals surface area contributed by atoms with Crippen LogP contribution >= 0.6 is 11.3 Å². The highest BCUT2D eigenvalue weighted by Gasteiger charge is 2.12. The molecule has 4 aromatic rings. The fraction of sp³-hybridized carbons (Fsp3) is 0.227. The van der Waals surface area contributed by atoms with Gasteiger partial charge in [-0.05, 0) is 74.2 Å². The number of carbonyl (C=O) groups is 1. The van der Waals surface area contributed by atoms with E-state index >= 15 is 0 Å². The normalized spacial score (nSPS) is 11.0. The van der Waals surface area contributed by atoms with Crippen LogP contribution < -0.4 is 10.2 Å². The van der Waals surface area contributed by atoms with Crippen LogP contribution in [0, 0.1) is 6.92 Å². The van der Waals surface area contributed by atoms with Crippen LogP contribution in [0.1, 0.15) is 29.1 Å². The van der Waals surface area contributed by atoms with Crippen molar-refractivity contribution in [2.45, 2.75) is 20.8 Å². The fourth-order valence-electron chi connectivity index (χ4n) is 3.30. The predicted octanol–water partition coefficient (Wildman–Crippen LogP) is 4.89. The number of hydrogen-bond acceptors (Lipinski definition) is 5. The molecular formula is C22H23N5OS. The van der Waals surface area contributed by atoms with Crippen molar-refractivity contribution in [2.24, 2.45) is 0 Å². The molecule has 148 valence electrons. The molecule has 0 saturated carbocycles. The van der Waals surface area contributed by atoms with Gasteiger partial charge in [-0.2, -0.15) is 4.80 Å². The number of rotatable bonds is 6. The van der Waals surface area contributed by atoms with Crippen molar-refractivity contribution in [3.63, 3.8) is 0 Å². The molecule has 0 atom stereocenters. The van der Waals surface area contributed by atoms with E-state index in [9.17, 15) is 4.79 Å². The van der Waals surface area contributed by atoms with E-state index in [1.165, 1.54) is 17.0 Å². The molecule has 2 aromatic heterocycles. The summed E-state index contributed by atoms with van der Waals surface area (Å²) in [4.78, 5) is 17.0. The van der Waals surface area contributed by atoms with Crippen LogP contribution in [0.3, 0.4) is 0 Å². The lowest BCUT2D eigenvalue weighted by atomic mass is 10.1. The smallest absolute Gasteiger partial charge is 0.265 e. The zero-order valence-corrected chi connectivity index (χ0v) is 17.5. The molecule has 2 aromatic carbocycles. The van der Waals surface area contributed by atoms with Gasteiger partial charge in [0, 0.05) is 24.5 Å². The highest BCUT2D eigenvalue weighted by Crippen LogP contribution is 2.24. The van der Waals surface area contributed by atoms with Gasteiger partial charge in [0.2, 0.25) is 0 Å². The first-order chi connectivity index (χ1) is 14.1.